The molecule has 1 N–H and O–H groups in total. The number of thiophene rings is 1. The highest BCUT2D eigenvalue weighted by atomic mass is 32.1. The van der Waals surface area contributed by atoms with Gasteiger partial charge in [-0.05, 0) is 40.1 Å². The number of hydrogen-bond acceptors (Lipinski definition) is 3. The first-order chi connectivity index (χ1) is 9.78. The normalized spacial score (nSPS) is 12.5. The first-order valence-electron chi connectivity index (χ1n) is 6.55. The lowest BCUT2D eigenvalue weighted by Gasteiger charge is -2.11. The van der Waals surface area contributed by atoms with E-state index in [0.29, 0.717) is 6.42 Å². The van der Waals surface area contributed by atoms with E-state index in [0.717, 1.165) is 22.3 Å². The highest BCUT2D eigenvalue weighted by molar-refractivity contribution is 7.17. The van der Waals surface area contributed by atoms with Gasteiger partial charge in [-0.3, -0.25) is 0 Å². The predicted molar refractivity (Wildman–Crippen MR) is 83.5 cm³/mol. The number of rotatable bonds is 4. The fraction of sp³-hybridized carbons (Fsp3) is 0.176. The Labute approximate surface area is 122 Å². The van der Waals surface area contributed by atoms with Gasteiger partial charge in [-0.25, -0.2) is 0 Å². The maximum absolute atomic E-state index is 10.5. The third kappa shape index (κ3) is 2.55. The minimum Gasteiger partial charge on any atom is -0.497 e. The van der Waals surface area contributed by atoms with Crippen LogP contribution in [-0.4, -0.2) is 12.2 Å². The Morgan fingerprint density at radius 2 is 2.00 bits per heavy atom. The lowest BCUT2D eigenvalue weighted by atomic mass is 10.0. The summed E-state index contributed by atoms with van der Waals surface area (Å²) in [6, 6.07) is 16.0. The van der Waals surface area contributed by atoms with Crippen molar-refractivity contribution in [2.75, 3.05) is 7.11 Å². The maximum atomic E-state index is 10.5. The second-order valence-corrected chi connectivity index (χ2v) is 5.67. The van der Waals surface area contributed by atoms with Crippen LogP contribution >= 0.6 is 11.3 Å². The molecule has 20 heavy (non-hydrogen) atoms. The van der Waals surface area contributed by atoms with Gasteiger partial charge in [0.2, 0.25) is 0 Å². The highest BCUT2D eigenvalue weighted by Gasteiger charge is 2.13. The van der Waals surface area contributed by atoms with E-state index in [2.05, 4.69) is 17.5 Å². The van der Waals surface area contributed by atoms with Gasteiger partial charge in [-0.1, -0.05) is 30.3 Å². The molecule has 102 valence electrons. The van der Waals surface area contributed by atoms with Crippen LogP contribution in [0.25, 0.3) is 10.1 Å². The minimum absolute atomic E-state index is 0.488. The summed E-state index contributed by atoms with van der Waals surface area (Å²) in [6.45, 7) is 0. The Balaban J connectivity index is 1.87. The van der Waals surface area contributed by atoms with Gasteiger partial charge in [0, 0.05) is 11.1 Å². The fourth-order valence-electron chi connectivity index (χ4n) is 2.39. The van der Waals surface area contributed by atoms with Gasteiger partial charge in [0.15, 0.2) is 0 Å². The largest absolute Gasteiger partial charge is 0.497 e. The van der Waals surface area contributed by atoms with E-state index in [4.69, 9.17) is 4.74 Å². The van der Waals surface area contributed by atoms with Crippen molar-refractivity contribution >= 4 is 21.4 Å². The molecule has 0 aliphatic rings. The van der Waals surface area contributed by atoms with Crippen LogP contribution in [0.15, 0.2) is 53.9 Å². The molecule has 0 aliphatic heterocycles. The molecule has 2 nitrogen and oxygen atoms in total. The number of benzene rings is 2. The van der Waals surface area contributed by atoms with Crippen LogP contribution in [0.1, 0.15) is 17.2 Å². The van der Waals surface area contributed by atoms with E-state index in [9.17, 15) is 5.11 Å². The van der Waals surface area contributed by atoms with E-state index in [1.807, 2.05) is 36.4 Å². The van der Waals surface area contributed by atoms with Gasteiger partial charge < -0.3 is 9.84 Å². The van der Waals surface area contributed by atoms with Crippen molar-refractivity contribution < 1.29 is 9.84 Å². The van der Waals surface area contributed by atoms with Crippen LogP contribution < -0.4 is 4.74 Å². The van der Waals surface area contributed by atoms with Crippen LogP contribution in [0.4, 0.5) is 0 Å². The molecule has 0 amide bonds. The third-order valence-electron chi connectivity index (χ3n) is 3.43. The van der Waals surface area contributed by atoms with Crippen LogP contribution in [-0.2, 0) is 6.42 Å². The van der Waals surface area contributed by atoms with Crippen molar-refractivity contribution in [3.63, 3.8) is 0 Å². The van der Waals surface area contributed by atoms with E-state index in [1.54, 1.807) is 18.4 Å². The molecule has 2 aromatic carbocycles. The summed E-state index contributed by atoms with van der Waals surface area (Å²) in [6.07, 6.45) is 0.107. The van der Waals surface area contributed by atoms with Crippen LogP contribution in [0, 0.1) is 0 Å². The average Bonchev–Trinajstić information content (AvgIpc) is 2.91. The quantitative estimate of drug-likeness (QED) is 0.778. The molecule has 1 aromatic heterocycles. The van der Waals surface area contributed by atoms with Crippen molar-refractivity contribution in [3.05, 3.63) is 65.0 Å². The van der Waals surface area contributed by atoms with E-state index in [-0.39, 0.29) is 0 Å². The van der Waals surface area contributed by atoms with E-state index >= 15 is 0 Å². The summed E-state index contributed by atoms with van der Waals surface area (Å²) in [5, 5.41) is 13.7. The lowest BCUT2D eigenvalue weighted by molar-refractivity contribution is 0.180. The maximum Gasteiger partial charge on any atom is 0.119 e. The van der Waals surface area contributed by atoms with Gasteiger partial charge >= 0.3 is 0 Å². The van der Waals surface area contributed by atoms with Gasteiger partial charge in [0.25, 0.3) is 0 Å². The molecule has 3 rings (SSSR count). The molecule has 1 heterocycles. The lowest BCUT2D eigenvalue weighted by Crippen LogP contribution is -2.01. The predicted octanol–water partition coefficient (Wildman–Crippen LogP) is 4.19. The SMILES string of the molecule is COc1cccc(CC(O)c2csc3ccccc23)c1. The summed E-state index contributed by atoms with van der Waals surface area (Å²) in [4.78, 5) is 0. The Hall–Kier alpha value is -1.84. The standard InChI is InChI=1S/C17H16O2S/c1-19-13-6-4-5-12(9-13)10-16(18)15-11-20-17-8-3-2-7-14(15)17/h2-9,11,16,18H,10H2,1H3. The number of methoxy groups -OCH3 is 1. The van der Waals surface area contributed by atoms with Crippen molar-refractivity contribution in [3.8, 4) is 5.75 Å². The zero-order chi connectivity index (χ0) is 13.9. The van der Waals surface area contributed by atoms with E-state index in [1.165, 1.54) is 4.70 Å². The number of fused-ring (bicyclic) bond motifs is 1. The number of aliphatic hydroxyl groups excluding tert-OH is 1. The Morgan fingerprint density at radius 1 is 1.15 bits per heavy atom. The molecule has 0 bridgehead atoms. The second-order valence-electron chi connectivity index (χ2n) is 4.76. The minimum atomic E-state index is -0.488. The molecule has 3 heteroatoms. The molecule has 0 radical (unpaired) electrons. The summed E-state index contributed by atoms with van der Waals surface area (Å²) >= 11 is 1.68. The average molecular weight is 284 g/mol. The summed E-state index contributed by atoms with van der Waals surface area (Å²) in [5.74, 6) is 0.824. The van der Waals surface area contributed by atoms with Crippen LogP contribution in [0.2, 0.25) is 0 Å². The summed E-state index contributed by atoms with van der Waals surface area (Å²) in [7, 11) is 1.65. The van der Waals surface area contributed by atoms with Gasteiger partial charge in [-0.15, -0.1) is 11.3 Å². The first-order valence-corrected chi connectivity index (χ1v) is 7.43. The monoisotopic (exact) mass is 284 g/mol. The van der Waals surface area contributed by atoms with Crippen LogP contribution in [0.3, 0.4) is 0 Å². The summed E-state index contributed by atoms with van der Waals surface area (Å²) in [5.41, 5.74) is 2.08. The van der Waals surface area contributed by atoms with Gasteiger partial charge in [0.05, 0.1) is 13.2 Å². The molecule has 0 saturated heterocycles. The number of hydrogen-bond donors (Lipinski definition) is 1. The Kier molecular flexibility index (Phi) is 3.72. The second kappa shape index (κ2) is 5.65. The molecule has 0 spiro atoms. The zero-order valence-electron chi connectivity index (χ0n) is 11.2. The van der Waals surface area contributed by atoms with Crippen molar-refractivity contribution in [1.82, 2.24) is 0 Å². The van der Waals surface area contributed by atoms with Gasteiger partial charge in [0.1, 0.15) is 5.75 Å². The number of ether oxygens (including phenoxy) is 1. The molecule has 1 atom stereocenters. The summed E-state index contributed by atoms with van der Waals surface area (Å²) < 4.78 is 6.43. The van der Waals surface area contributed by atoms with Crippen molar-refractivity contribution in [2.24, 2.45) is 0 Å². The van der Waals surface area contributed by atoms with Crippen molar-refractivity contribution in [2.45, 2.75) is 12.5 Å². The highest BCUT2D eigenvalue weighted by Crippen LogP contribution is 2.32. The Morgan fingerprint density at radius 3 is 2.85 bits per heavy atom. The van der Waals surface area contributed by atoms with Gasteiger partial charge in [-0.2, -0.15) is 0 Å². The van der Waals surface area contributed by atoms with Crippen molar-refractivity contribution in [1.29, 1.82) is 0 Å². The van der Waals surface area contributed by atoms with E-state index < -0.39 is 6.10 Å². The molecule has 1 unspecified atom stereocenters. The molecule has 0 saturated carbocycles. The first kappa shape index (κ1) is 13.2. The Bertz CT molecular complexity index is 718. The third-order valence-corrected chi connectivity index (χ3v) is 4.41. The molecular formula is C17H16O2S. The van der Waals surface area contributed by atoms with Crippen LogP contribution in [0.5, 0.6) is 5.75 Å². The topological polar surface area (TPSA) is 29.5 Å². The molecular weight excluding hydrogens is 268 g/mol. The molecule has 3 aromatic rings. The fourth-order valence-corrected chi connectivity index (χ4v) is 3.40. The molecule has 0 fully saturated rings. The smallest absolute Gasteiger partial charge is 0.119 e. The zero-order valence-corrected chi connectivity index (χ0v) is 12.1. The number of aliphatic hydroxyl groups is 1. The molecule has 0 aliphatic carbocycles.